The van der Waals surface area contributed by atoms with Crippen LogP contribution in [-0.4, -0.2) is 121 Å². The summed E-state index contributed by atoms with van der Waals surface area (Å²) in [7, 11) is 0. The molecule has 0 atom stereocenters. The van der Waals surface area contributed by atoms with Gasteiger partial charge in [0.05, 0.1) is 26.4 Å². The minimum Gasteiger partial charge on any atom is -0.789 e. The van der Waals surface area contributed by atoms with Gasteiger partial charge in [-0.1, -0.05) is 425 Å². The summed E-state index contributed by atoms with van der Waals surface area (Å²) in [6.45, 7) is 10.7. The van der Waals surface area contributed by atoms with Crippen molar-refractivity contribution < 1.29 is 38.1 Å². The van der Waals surface area contributed by atoms with Crippen LogP contribution in [0.4, 0.5) is 0 Å². The summed E-state index contributed by atoms with van der Waals surface area (Å²) >= 11 is 19.0. The molecule has 117 heavy (non-hydrogen) atoms. The Morgan fingerprint density at radius 1 is 0.188 bits per heavy atom. The van der Waals surface area contributed by atoms with Crippen molar-refractivity contribution in [3.05, 3.63) is 48.6 Å². The fraction of sp³-hybridized carbons (Fsp3) is 0.882. The molecule has 0 aliphatic heterocycles. The molecular weight excluding hydrogens is 1750 g/mol. The maximum Gasteiger partial charge on any atom is 2.00 e. The Balaban J connectivity index is -0.000000187. The van der Waals surface area contributed by atoms with Crippen molar-refractivity contribution >= 4 is 136 Å². The number of hydrogen-bond acceptors (Lipinski definition) is 12. The van der Waals surface area contributed by atoms with Crippen molar-refractivity contribution in [1.82, 2.24) is 0 Å². The molecule has 4 radical (unpaired) electrons. The quantitative estimate of drug-likeness (QED) is 0.0145. The van der Waals surface area contributed by atoms with Crippen LogP contribution in [0.2, 0.25) is 0 Å². The molecule has 0 saturated heterocycles. The number of hydrogen-bond donors (Lipinski definition) is 0. The van der Waals surface area contributed by atoms with Gasteiger partial charge in [0, 0.05) is 25.7 Å². The van der Waals surface area contributed by atoms with E-state index in [0.717, 1.165) is 77.0 Å². The first-order chi connectivity index (χ1) is 55.2. The molecule has 0 aromatic heterocycles. The minimum atomic E-state index is -0.0946. The first-order valence-electron chi connectivity index (χ1n) is 48.8. The Kier molecular flexibility index (Phi) is 152. The topological polar surface area (TPSA) is 105 Å². The first kappa shape index (κ1) is 135. The molecule has 0 N–H and O–H groups in total. The van der Waals surface area contributed by atoms with Crippen LogP contribution < -0.4 is 0 Å². The van der Waals surface area contributed by atoms with Gasteiger partial charge >= 0.3 is 71.7 Å². The van der Waals surface area contributed by atoms with Crippen molar-refractivity contribution in [2.24, 2.45) is 0 Å². The molecule has 0 saturated carbocycles. The molecular formula is C102H198O8S5Sn2. The van der Waals surface area contributed by atoms with Crippen molar-refractivity contribution in [2.45, 2.75) is 531 Å². The van der Waals surface area contributed by atoms with Gasteiger partial charge in [-0.05, 0) is 128 Å². The Bertz CT molecular complexity index is 1650. The number of rotatable bonds is 88. The van der Waals surface area contributed by atoms with E-state index in [1.165, 1.54) is 385 Å². The molecule has 8 nitrogen and oxygen atoms in total. The normalized spacial score (nSPS) is 10.9. The average Bonchev–Trinajstić information content (AvgIpc) is 1.08. The van der Waals surface area contributed by atoms with Crippen LogP contribution in [0.3, 0.4) is 0 Å². The first-order valence-corrected chi connectivity index (χ1v) is 51.1. The van der Waals surface area contributed by atoms with E-state index in [2.05, 4.69) is 76.3 Å². The largest absolute Gasteiger partial charge is 2.00 e. The van der Waals surface area contributed by atoms with Crippen LogP contribution in [0, 0.1) is 0 Å². The van der Waals surface area contributed by atoms with Gasteiger partial charge in [0.1, 0.15) is 0 Å². The summed E-state index contributed by atoms with van der Waals surface area (Å²) < 4.78 is 19.9. The zero-order valence-corrected chi connectivity index (χ0v) is 86.4. The molecule has 0 rings (SSSR count). The maximum absolute atomic E-state index is 11.3. The number of esters is 4. The Hall–Kier alpha value is 0.187. The standard InChI is InChI=1S/4C25H48O2S.2CH4.H2S.2Sn/c4*1-2-3-4-5-6-7-8-9-10-11-12-13-14-15-16-17-18-19-20-21-22-25(26)27-23-24-28;;;;;/h4*16-17,28H,2-15,18-24H2,1H3;2*1H4;1H2;;/q;;;;;;;2*+2/p-4/b4*17-16+;;;;;. The van der Waals surface area contributed by atoms with Gasteiger partial charge in [-0.15, -0.1) is 23.0 Å². The number of carbonyl (C=O) groups is 4. The van der Waals surface area contributed by atoms with Gasteiger partial charge in [-0.3, -0.25) is 19.2 Å². The predicted molar refractivity (Wildman–Crippen MR) is 538 cm³/mol. The molecule has 0 spiro atoms. The molecule has 0 heterocycles. The third kappa shape index (κ3) is 140. The summed E-state index contributed by atoms with van der Waals surface area (Å²) in [6, 6.07) is 0. The van der Waals surface area contributed by atoms with E-state index in [1.54, 1.807) is 0 Å². The van der Waals surface area contributed by atoms with E-state index in [4.69, 9.17) is 69.5 Å². The molecule has 0 aromatic rings. The second-order valence-electron chi connectivity index (χ2n) is 32.1. The van der Waals surface area contributed by atoms with Gasteiger partial charge in [0.15, 0.2) is 0 Å². The molecule has 0 unspecified atom stereocenters. The van der Waals surface area contributed by atoms with Crippen LogP contribution in [-0.2, 0) is 88.6 Å². The summed E-state index contributed by atoms with van der Waals surface area (Å²) in [5, 5.41) is 0. The number of ether oxygens (including phenoxy) is 4. The summed E-state index contributed by atoms with van der Waals surface area (Å²) in [4.78, 5) is 45.2. The third-order valence-electron chi connectivity index (χ3n) is 21.0. The van der Waals surface area contributed by atoms with Crippen molar-refractivity contribution in [2.75, 3.05) is 49.4 Å². The van der Waals surface area contributed by atoms with Crippen molar-refractivity contribution in [3.8, 4) is 0 Å². The third-order valence-corrected chi connectivity index (χ3v) is 21.6. The average molecular weight is 1950 g/mol. The molecule has 0 aromatic carbocycles. The molecule has 692 valence electrons. The molecule has 0 aliphatic rings. The fourth-order valence-electron chi connectivity index (χ4n) is 13.8. The molecule has 0 fully saturated rings. The molecule has 0 bridgehead atoms. The molecule has 15 heteroatoms. The van der Waals surface area contributed by atoms with E-state index >= 15 is 0 Å². The molecule has 0 aliphatic carbocycles. The zero-order chi connectivity index (χ0) is 82.2. The monoisotopic (exact) mass is 1950 g/mol. The van der Waals surface area contributed by atoms with Crippen LogP contribution >= 0.6 is 13.5 Å². The van der Waals surface area contributed by atoms with E-state index < -0.39 is 0 Å². The van der Waals surface area contributed by atoms with Crippen LogP contribution in [0.1, 0.15) is 531 Å². The van der Waals surface area contributed by atoms with Crippen LogP contribution in [0.5, 0.6) is 0 Å². The SMILES string of the molecule is C.C.CCCCCCCCCCCCCCC/C=C/CCCCCC(=O)OCC[S-].CCCCCCCCCCCCCCC/C=C/CCCCCC(=O)OCC[S-].CCCCCCCCCCCCCCC/C=C/CCCCCC(=O)OCC[S-].CCCCCCCCCCCCCCC/C=C/CCCCCC(=O)OCC[S-].S.[Sn+2].[Sn+2]. The Morgan fingerprint density at radius 2 is 0.291 bits per heavy atom. The van der Waals surface area contributed by atoms with Crippen molar-refractivity contribution in [1.29, 1.82) is 0 Å². The van der Waals surface area contributed by atoms with Gasteiger partial charge < -0.3 is 69.5 Å². The number of carbonyl (C=O) groups excluding carboxylic acids is 4. The Labute approximate surface area is 795 Å². The summed E-state index contributed by atoms with van der Waals surface area (Å²) in [5.41, 5.74) is 0. The second-order valence-corrected chi connectivity index (χ2v) is 33.7. The van der Waals surface area contributed by atoms with Gasteiger partial charge in [0.25, 0.3) is 0 Å². The summed E-state index contributed by atoms with van der Waals surface area (Å²) in [6.07, 6.45) is 117. The zero-order valence-electron chi connectivity index (χ0n) is 76.4. The number of allylic oxidation sites excluding steroid dienone is 8. The minimum absolute atomic E-state index is 0. The van der Waals surface area contributed by atoms with Crippen molar-refractivity contribution in [3.63, 3.8) is 0 Å². The summed E-state index contributed by atoms with van der Waals surface area (Å²) in [5.74, 6) is 1.60. The Morgan fingerprint density at radius 3 is 0.402 bits per heavy atom. The fourth-order valence-corrected chi connectivity index (χ4v) is 14.1. The predicted octanol–water partition coefficient (Wildman–Crippen LogP) is 32.9. The van der Waals surface area contributed by atoms with Gasteiger partial charge in [-0.25, -0.2) is 0 Å². The molecule has 0 amide bonds. The number of unbranched alkanes of at least 4 members (excludes halogenated alkanes) is 64. The second kappa shape index (κ2) is 132. The van der Waals surface area contributed by atoms with Crippen LogP contribution in [0.25, 0.3) is 0 Å². The van der Waals surface area contributed by atoms with E-state index in [9.17, 15) is 19.2 Å². The van der Waals surface area contributed by atoms with Crippen LogP contribution in [0.15, 0.2) is 48.6 Å². The van der Waals surface area contributed by atoms with Gasteiger partial charge in [-0.2, -0.15) is 13.5 Å². The van der Waals surface area contributed by atoms with E-state index in [0.29, 0.717) is 75.1 Å². The maximum atomic E-state index is 11.3. The van der Waals surface area contributed by atoms with E-state index in [-0.39, 0.29) is 100 Å². The smallest absolute Gasteiger partial charge is 0.789 e. The van der Waals surface area contributed by atoms with E-state index in [1.807, 2.05) is 0 Å². The van der Waals surface area contributed by atoms with Gasteiger partial charge in [0.2, 0.25) is 0 Å².